The van der Waals surface area contributed by atoms with Crippen LogP contribution in [0.3, 0.4) is 0 Å². The van der Waals surface area contributed by atoms with Gasteiger partial charge in [0.15, 0.2) is 0 Å². The average molecular weight is 360 g/mol. The van der Waals surface area contributed by atoms with Crippen molar-refractivity contribution in [3.8, 4) is 0 Å². The van der Waals surface area contributed by atoms with Crippen LogP contribution in [0.1, 0.15) is 16.8 Å². The number of nitrogens with two attached hydrogens (primary N) is 1. The Kier molecular flexibility index (Phi) is 3.58. The summed E-state index contributed by atoms with van der Waals surface area (Å²) in [6.45, 7) is 0.444. The third kappa shape index (κ3) is 2.49. The van der Waals surface area contributed by atoms with E-state index >= 15 is 0 Å². The third-order valence-electron chi connectivity index (χ3n) is 3.09. The Morgan fingerprint density at radius 2 is 2.17 bits per heavy atom. The van der Waals surface area contributed by atoms with E-state index in [-0.39, 0.29) is 18.9 Å². The van der Waals surface area contributed by atoms with Crippen LogP contribution in [0.4, 0.5) is 0 Å². The van der Waals surface area contributed by atoms with Crippen molar-refractivity contribution in [2.75, 3.05) is 13.1 Å². The van der Waals surface area contributed by atoms with Crippen LogP contribution in [-0.4, -0.2) is 40.5 Å². The molecule has 2 rings (SSSR count). The molecule has 1 unspecified atom stereocenters. The maximum Gasteiger partial charge on any atom is 0.325 e. The number of hydrogen-bond acceptors (Lipinski definition) is 3. The number of benzene rings is 1. The van der Waals surface area contributed by atoms with Gasteiger partial charge in [0.25, 0.3) is 5.91 Å². The average Bonchev–Trinajstić information content (AvgIpc) is 2.72. The summed E-state index contributed by atoms with van der Waals surface area (Å²) in [4.78, 5) is 24.7. The SMILES string of the molecule is NC1(C(=O)O)CCN(C(=O)c2cccc(I)c2)C1. The first kappa shape index (κ1) is 13.3. The molecule has 1 fully saturated rings. The van der Waals surface area contributed by atoms with Crippen molar-refractivity contribution in [1.82, 2.24) is 4.90 Å². The topological polar surface area (TPSA) is 83.6 Å². The molecule has 0 saturated carbocycles. The minimum Gasteiger partial charge on any atom is -0.480 e. The van der Waals surface area contributed by atoms with Crippen molar-refractivity contribution in [2.45, 2.75) is 12.0 Å². The van der Waals surface area contributed by atoms with Crippen LogP contribution in [0.15, 0.2) is 24.3 Å². The van der Waals surface area contributed by atoms with Crippen LogP contribution in [0.25, 0.3) is 0 Å². The van der Waals surface area contributed by atoms with Crippen molar-refractivity contribution < 1.29 is 14.7 Å². The fourth-order valence-electron chi connectivity index (χ4n) is 1.99. The van der Waals surface area contributed by atoms with Crippen molar-refractivity contribution in [3.05, 3.63) is 33.4 Å². The van der Waals surface area contributed by atoms with Gasteiger partial charge in [0.1, 0.15) is 5.54 Å². The summed E-state index contributed by atoms with van der Waals surface area (Å²) in [5, 5.41) is 9.02. The Bertz CT molecular complexity index is 506. The zero-order valence-corrected chi connectivity index (χ0v) is 11.8. The zero-order chi connectivity index (χ0) is 13.3. The van der Waals surface area contributed by atoms with E-state index < -0.39 is 11.5 Å². The Labute approximate surface area is 118 Å². The molecule has 18 heavy (non-hydrogen) atoms. The predicted molar refractivity (Wildman–Crippen MR) is 74.2 cm³/mol. The lowest BCUT2D eigenvalue weighted by atomic mass is 10.0. The number of amides is 1. The smallest absolute Gasteiger partial charge is 0.325 e. The van der Waals surface area contributed by atoms with E-state index in [1.54, 1.807) is 18.2 Å². The highest BCUT2D eigenvalue weighted by Crippen LogP contribution is 2.21. The molecule has 1 aliphatic heterocycles. The maximum absolute atomic E-state index is 12.2. The molecular formula is C12H13IN2O3. The van der Waals surface area contributed by atoms with E-state index in [0.717, 1.165) is 3.57 Å². The van der Waals surface area contributed by atoms with Gasteiger partial charge in [-0.2, -0.15) is 0 Å². The van der Waals surface area contributed by atoms with Gasteiger partial charge in [-0.25, -0.2) is 0 Å². The van der Waals surface area contributed by atoms with Crippen molar-refractivity contribution in [1.29, 1.82) is 0 Å². The monoisotopic (exact) mass is 360 g/mol. The lowest BCUT2D eigenvalue weighted by Gasteiger charge is -2.20. The lowest BCUT2D eigenvalue weighted by Crippen LogP contribution is -2.50. The van der Waals surface area contributed by atoms with E-state index in [4.69, 9.17) is 10.8 Å². The molecule has 0 bridgehead atoms. The van der Waals surface area contributed by atoms with Crippen LogP contribution < -0.4 is 5.73 Å². The normalized spacial score (nSPS) is 23.1. The van der Waals surface area contributed by atoms with Crippen LogP contribution in [-0.2, 0) is 4.79 Å². The molecule has 6 heteroatoms. The van der Waals surface area contributed by atoms with E-state index in [1.807, 2.05) is 6.07 Å². The third-order valence-corrected chi connectivity index (χ3v) is 3.76. The quantitative estimate of drug-likeness (QED) is 0.769. The number of carboxylic acids is 1. The number of hydrogen-bond donors (Lipinski definition) is 2. The lowest BCUT2D eigenvalue weighted by molar-refractivity contribution is -0.142. The number of carbonyl (C=O) groups is 2. The van der Waals surface area contributed by atoms with Gasteiger partial charge in [-0.1, -0.05) is 6.07 Å². The second-order valence-electron chi connectivity index (χ2n) is 4.45. The summed E-state index contributed by atoms with van der Waals surface area (Å²) >= 11 is 2.13. The van der Waals surface area contributed by atoms with E-state index in [1.165, 1.54) is 4.90 Å². The molecule has 0 spiro atoms. The minimum absolute atomic E-state index is 0.0621. The van der Waals surface area contributed by atoms with Gasteiger partial charge in [-0.15, -0.1) is 0 Å². The number of halogens is 1. The van der Waals surface area contributed by atoms with Gasteiger partial charge in [-0.05, 0) is 47.2 Å². The molecule has 3 N–H and O–H groups in total. The summed E-state index contributed by atoms with van der Waals surface area (Å²) < 4.78 is 0.967. The van der Waals surface area contributed by atoms with Crippen molar-refractivity contribution in [3.63, 3.8) is 0 Å². The second kappa shape index (κ2) is 4.85. The van der Waals surface area contributed by atoms with E-state index in [2.05, 4.69) is 22.6 Å². The largest absolute Gasteiger partial charge is 0.480 e. The first-order valence-electron chi connectivity index (χ1n) is 5.49. The Balaban J connectivity index is 2.15. The van der Waals surface area contributed by atoms with Crippen LogP contribution >= 0.6 is 22.6 Å². The fourth-order valence-corrected chi connectivity index (χ4v) is 2.53. The second-order valence-corrected chi connectivity index (χ2v) is 5.69. The molecule has 1 amide bonds. The molecule has 1 heterocycles. The highest BCUT2D eigenvalue weighted by Gasteiger charge is 2.43. The van der Waals surface area contributed by atoms with Crippen LogP contribution in [0.2, 0.25) is 0 Å². The molecule has 0 aliphatic carbocycles. The minimum atomic E-state index is -1.31. The molecule has 96 valence electrons. The van der Waals surface area contributed by atoms with Gasteiger partial charge < -0.3 is 15.7 Å². The Morgan fingerprint density at radius 3 is 2.72 bits per heavy atom. The van der Waals surface area contributed by atoms with Crippen molar-refractivity contribution >= 4 is 34.5 Å². The first-order chi connectivity index (χ1) is 8.42. The molecule has 1 atom stereocenters. The van der Waals surface area contributed by atoms with Gasteiger partial charge in [-0.3, -0.25) is 9.59 Å². The molecule has 5 nitrogen and oxygen atoms in total. The standard InChI is InChI=1S/C12H13IN2O3/c13-9-3-1-2-8(6-9)10(16)15-5-4-12(14,7-15)11(17)18/h1-3,6H,4-5,7,14H2,(H,17,18). The number of carboxylic acid groups (broad SMARTS) is 1. The van der Waals surface area contributed by atoms with Gasteiger partial charge >= 0.3 is 5.97 Å². The summed E-state index contributed by atoms with van der Waals surface area (Å²) in [7, 11) is 0. The molecule has 1 aliphatic rings. The summed E-state index contributed by atoms with van der Waals surface area (Å²) in [6.07, 6.45) is 0.290. The number of nitrogens with zero attached hydrogens (tertiary/aromatic N) is 1. The summed E-state index contributed by atoms with van der Waals surface area (Å²) in [5.74, 6) is -1.22. The fraction of sp³-hybridized carbons (Fsp3) is 0.333. The molecule has 1 aromatic carbocycles. The molecule has 1 aromatic rings. The van der Waals surface area contributed by atoms with Crippen molar-refractivity contribution in [2.24, 2.45) is 5.73 Å². The number of aliphatic carboxylic acids is 1. The Hall–Kier alpha value is -1.15. The number of rotatable bonds is 2. The molecular weight excluding hydrogens is 347 g/mol. The number of carbonyl (C=O) groups excluding carboxylic acids is 1. The summed E-state index contributed by atoms with van der Waals surface area (Å²) in [6, 6.07) is 7.20. The van der Waals surface area contributed by atoms with Gasteiger partial charge in [0.05, 0.1) is 0 Å². The first-order valence-corrected chi connectivity index (χ1v) is 6.57. The van der Waals surface area contributed by atoms with Crippen LogP contribution in [0.5, 0.6) is 0 Å². The zero-order valence-electron chi connectivity index (χ0n) is 9.60. The van der Waals surface area contributed by atoms with E-state index in [0.29, 0.717) is 12.1 Å². The van der Waals surface area contributed by atoms with Gasteiger partial charge in [0.2, 0.25) is 0 Å². The molecule has 0 radical (unpaired) electrons. The Morgan fingerprint density at radius 1 is 1.44 bits per heavy atom. The highest BCUT2D eigenvalue weighted by molar-refractivity contribution is 14.1. The van der Waals surface area contributed by atoms with Crippen LogP contribution in [0, 0.1) is 3.57 Å². The van der Waals surface area contributed by atoms with E-state index in [9.17, 15) is 9.59 Å². The molecule has 0 aromatic heterocycles. The highest BCUT2D eigenvalue weighted by atomic mass is 127. The number of likely N-dealkylation sites (tertiary alicyclic amines) is 1. The van der Waals surface area contributed by atoms with Gasteiger partial charge in [0, 0.05) is 22.2 Å². The molecule has 1 saturated heterocycles. The predicted octanol–water partition coefficient (Wildman–Crippen LogP) is 0.919. The summed E-state index contributed by atoms with van der Waals surface area (Å²) in [5.41, 5.74) is 5.00. The maximum atomic E-state index is 12.2.